The predicted octanol–water partition coefficient (Wildman–Crippen LogP) is 3.96. The minimum Gasteiger partial charge on any atom is -0.462 e. The van der Waals surface area contributed by atoms with Crippen molar-refractivity contribution in [3.05, 3.63) is 61.8 Å². The number of thiophene rings is 1. The van der Waals surface area contributed by atoms with E-state index in [1.165, 1.54) is 17.4 Å². The summed E-state index contributed by atoms with van der Waals surface area (Å²) in [6, 6.07) is 7.16. The van der Waals surface area contributed by atoms with Gasteiger partial charge in [-0.05, 0) is 30.4 Å². The molecule has 0 aliphatic rings. The van der Waals surface area contributed by atoms with Crippen LogP contribution in [0, 0.1) is 16.0 Å². The standard InChI is InChI=1S/C18H20N2O5S/c1-4-25-18(22)13-8-12(9-14(10-13)20(23)24)17(21)19-16(11(2)3)15-6-5-7-26-15/h5-11,16H,4H2,1-3H3,(H,19,21)/t16-/m1/s1. The lowest BCUT2D eigenvalue weighted by Crippen LogP contribution is -2.31. The van der Waals surface area contributed by atoms with Crippen molar-refractivity contribution in [2.24, 2.45) is 5.92 Å². The molecule has 1 amide bonds. The Labute approximate surface area is 155 Å². The van der Waals surface area contributed by atoms with E-state index in [1.807, 2.05) is 31.4 Å². The molecule has 1 atom stereocenters. The number of carbonyl (C=O) groups is 2. The zero-order chi connectivity index (χ0) is 19.3. The first-order chi connectivity index (χ1) is 12.3. The highest BCUT2D eigenvalue weighted by Crippen LogP contribution is 2.27. The van der Waals surface area contributed by atoms with E-state index in [0.29, 0.717) is 0 Å². The number of carbonyl (C=O) groups excluding carboxylic acids is 2. The number of benzene rings is 1. The van der Waals surface area contributed by atoms with E-state index < -0.39 is 16.8 Å². The molecule has 0 bridgehead atoms. The number of amides is 1. The van der Waals surface area contributed by atoms with Crippen molar-refractivity contribution in [2.45, 2.75) is 26.8 Å². The van der Waals surface area contributed by atoms with Crippen LogP contribution in [0.4, 0.5) is 5.69 Å². The number of nitro groups is 1. The average molecular weight is 376 g/mol. The Bertz CT molecular complexity index is 802. The van der Waals surface area contributed by atoms with Gasteiger partial charge in [-0.2, -0.15) is 0 Å². The van der Waals surface area contributed by atoms with E-state index in [1.54, 1.807) is 6.92 Å². The smallest absolute Gasteiger partial charge is 0.338 e. The molecule has 0 saturated carbocycles. The van der Waals surface area contributed by atoms with E-state index in [0.717, 1.165) is 17.0 Å². The maximum Gasteiger partial charge on any atom is 0.338 e. The first-order valence-corrected chi connectivity index (χ1v) is 9.02. The summed E-state index contributed by atoms with van der Waals surface area (Å²) < 4.78 is 4.88. The lowest BCUT2D eigenvalue weighted by molar-refractivity contribution is -0.384. The molecular weight excluding hydrogens is 356 g/mol. The molecule has 1 N–H and O–H groups in total. The van der Waals surface area contributed by atoms with Crippen LogP contribution in [0.15, 0.2) is 35.7 Å². The molecule has 0 radical (unpaired) electrons. The van der Waals surface area contributed by atoms with E-state index in [2.05, 4.69) is 5.32 Å². The maximum atomic E-state index is 12.7. The molecule has 0 saturated heterocycles. The van der Waals surface area contributed by atoms with Gasteiger partial charge in [0, 0.05) is 22.6 Å². The molecule has 2 aromatic rings. The third-order valence-electron chi connectivity index (χ3n) is 3.70. The van der Waals surface area contributed by atoms with Crippen LogP contribution < -0.4 is 5.32 Å². The average Bonchev–Trinajstić information content (AvgIpc) is 3.13. The Morgan fingerprint density at radius 3 is 2.50 bits per heavy atom. The first kappa shape index (κ1) is 19.6. The summed E-state index contributed by atoms with van der Waals surface area (Å²) in [6.45, 7) is 5.72. The molecule has 0 aliphatic carbocycles. The number of non-ortho nitro benzene ring substituents is 1. The van der Waals surface area contributed by atoms with Crippen LogP contribution in [0.25, 0.3) is 0 Å². The van der Waals surface area contributed by atoms with Crippen LogP contribution in [0.5, 0.6) is 0 Å². The fourth-order valence-corrected chi connectivity index (χ4v) is 3.39. The van der Waals surface area contributed by atoms with Gasteiger partial charge in [0.25, 0.3) is 11.6 Å². The van der Waals surface area contributed by atoms with Gasteiger partial charge in [0.05, 0.1) is 23.1 Å². The number of ether oxygens (including phenoxy) is 1. The number of rotatable bonds is 7. The third kappa shape index (κ3) is 4.66. The normalized spacial score (nSPS) is 11.8. The second-order valence-electron chi connectivity index (χ2n) is 5.96. The number of nitro benzene ring substituents is 1. The van der Waals surface area contributed by atoms with Gasteiger partial charge >= 0.3 is 5.97 Å². The highest BCUT2D eigenvalue weighted by molar-refractivity contribution is 7.10. The molecule has 7 nitrogen and oxygen atoms in total. The SMILES string of the molecule is CCOC(=O)c1cc(C(=O)N[C@@H](c2cccs2)C(C)C)cc([N+](=O)[O-])c1. The van der Waals surface area contributed by atoms with Crippen molar-refractivity contribution < 1.29 is 19.2 Å². The van der Waals surface area contributed by atoms with Crippen LogP contribution >= 0.6 is 11.3 Å². The third-order valence-corrected chi connectivity index (χ3v) is 4.66. The molecular formula is C18H20N2O5S. The predicted molar refractivity (Wildman–Crippen MR) is 98.4 cm³/mol. The van der Waals surface area contributed by atoms with Crippen molar-refractivity contribution >= 4 is 28.9 Å². The number of hydrogen-bond acceptors (Lipinski definition) is 6. The largest absolute Gasteiger partial charge is 0.462 e. The van der Waals surface area contributed by atoms with Crippen LogP contribution in [0.1, 0.15) is 52.4 Å². The summed E-state index contributed by atoms with van der Waals surface area (Å²) in [6.07, 6.45) is 0. The molecule has 138 valence electrons. The van der Waals surface area contributed by atoms with Crippen LogP contribution in [-0.2, 0) is 4.74 Å². The van der Waals surface area contributed by atoms with Gasteiger partial charge in [-0.3, -0.25) is 14.9 Å². The van der Waals surface area contributed by atoms with Crippen molar-refractivity contribution in [2.75, 3.05) is 6.61 Å². The Morgan fingerprint density at radius 2 is 1.96 bits per heavy atom. The molecule has 1 aromatic heterocycles. The fraction of sp³-hybridized carbons (Fsp3) is 0.333. The Kier molecular flexibility index (Phi) is 6.46. The minimum atomic E-state index is -0.705. The summed E-state index contributed by atoms with van der Waals surface area (Å²) >= 11 is 1.52. The number of esters is 1. The van der Waals surface area contributed by atoms with Gasteiger partial charge in [0.2, 0.25) is 0 Å². The molecule has 26 heavy (non-hydrogen) atoms. The van der Waals surface area contributed by atoms with Crippen molar-refractivity contribution in [1.29, 1.82) is 0 Å². The van der Waals surface area contributed by atoms with Crippen LogP contribution in [0.2, 0.25) is 0 Å². The van der Waals surface area contributed by atoms with E-state index in [9.17, 15) is 19.7 Å². The van der Waals surface area contributed by atoms with Crippen LogP contribution in [0.3, 0.4) is 0 Å². The monoisotopic (exact) mass is 376 g/mol. The van der Waals surface area contributed by atoms with Gasteiger partial charge in [0.15, 0.2) is 0 Å². The van der Waals surface area contributed by atoms with Gasteiger partial charge in [-0.1, -0.05) is 19.9 Å². The quantitative estimate of drug-likeness (QED) is 0.448. The molecule has 0 spiro atoms. The lowest BCUT2D eigenvalue weighted by atomic mass is 10.0. The second kappa shape index (κ2) is 8.57. The van der Waals surface area contributed by atoms with Gasteiger partial charge < -0.3 is 10.1 Å². The fourth-order valence-electron chi connectivity index (χ4n) is 2.44. The molecule has 2 rings (SSSR count). The molecule has 1 aromatic carbocycles. The summed E-state index contributed by atoms with van der Waals surface area (Å²) in [7, 11) is 0. The van der Waals surface area contributed by atoms with Crippen molar-refractivity contribution in [1.82, 2.24) is 5.32 Å². The Hall–Kier alpha value is -2.74. The number of hydrogen-bond donors (Lipinski definition) is 1. The Morgan fingerprint density at radius 1 is 1.27 bits per heavy atom. The number of nitrogens with one attached hydrogen (secondary N) is 1. The van der Waals surface area contributed by atoms with Crippen LogP contribution in [-0.4, -0.2) is 23.4 Å². The summed E-state index contributed by atoms with van der Waals surface area (Å²) in [5.41, 5.74) is -0.314. The summed E-state index contributed by atoms with van der Waals surface area (Å²) in [5.74, 6) is -1.06. The van der Waals surface area contributed by atoms with Crippen molar-refractivity contribution in [3.63, 3.8) is 0 Å². The zero-order valence-electron chi connectivity index (χ0n) is 14.7. The second-order valence-corrected chi connectivity index (χ2v) is 6.94. The van der Waals surface area contributed by atoms with E-state index in [-0.39, 0.29) is 35.4 Å². The highest BCUT2D eigenvalue weighted by atomic mass is 32.1. The molecule has 8 heteroatoms. The molecule has 0 fully saturated rings. The molecule has 0 unspecified atom stereocenters. The minimum absolute atomic E-state index is 0.0246. The van der Waals surface area contributed by atoms with Crippen molar-refractivity contribution in [3.8, 4) is 0 Å². The summed E-state index contributed by atoms with van der Waals surface area (Å²) in [5, 5.41) is 16.0. The maximum absolute atomic E-state index is 12.7. The van der Waals surface area contributed by atoms with Gasteiger partial charge in [0.1, 0.15) is 0 Å². The molecule has 0 aliphatic heterocycles. The van der Waals surface area contributed by atoms with E-state index >= 15 is 0 Å². The van der Waals surface area contributed by atoms with Gasteiger partial charge in [-0.15, -0.1) is 11.3 Å². The summed E-state index contributed by atoms with van der Waals surface area (Å²) in [4.78, 5) is 36.1. The van der Waals surface area contributed by atoms with E-state index in [4.69, 9.17) is 4.74 Å². The lowest BCUT2D eigenvalue weighted by Gasteiger charge is -2.21. The highest BCUT2D eigenvalue weighted by Gasteiger charge is 2.23. The zero-order valence-corrected chi connectivity index (χ0v) is 15.5. The Balaban J connectivity index is 2.34. The number of nitrogens with zero attached hydrogens (tertiary/aromatic N) is 1. The molecule has 1 heterocycles. The topological polar surface area (TPSA) is 98.5 Å². The van der Waals surface area contributed by atoms with Gasteiger partial charge in [-0.25, -0.2) is 4.79 Å². The first-order valence-electron chi connectivity index (χ1n) is 8.14.